The Labute approximate surface area is 146 Å². The summed E-state index contributed by atoms with van der Waals surface area (Å²) in [4.78, 5) is 30.0. The molecule has 0 unspecified atom stereocenters. The zero-order valence-electron chi connectivity index (χ0n) is 12.6. The Morgan fingerprint density at radius 2 is 2.04 bits per heavy atom. The van der Waals surface area contributed by atoms with E-state index in [-0.39, 0.29) is 5.91 Å². The lowest BCUT2D eigenvalue weighted by Gasteiger charge is -2.16. The van der Waals surface area contributed by atoms with Gasteiger partial charge in [0.1, 0.15) is 0 Å². The third kappa shape index (κ3) is 3.79. The molecule has 1 atom stereocenters. The molecule has 0 radical (unpaired) electrons. The van der Waals surface area contributed by atoms with Crippen LogP contribution in [0.5, 0.6) is 0 Å². The van der Waals surface area contributed by atoms with E-state index in [1.165, 1.54) is 34.4 Å². The molecule has 0 aromatic carbocycles. The molecule has 120 valence electrons. The van der Waals surface area contributed by atoms with E-state index < -0.39 is 5.91 Å². The van der Waals surface area contributed by atoms with Crippen molar-refractivity contribution < 1.29 is 9.59 Å². The molecule has 0 fully saturated rings. The van der Waals surface area contributed by atoms with Crippen molar-refractivity contribution in [3.05, 3.63) is 49.9 Å². The Bertz CT molecular complexity index is 760. The maximum atomic E-state index is 12.2. The normalized spacial score (nSPS) is 16.5. The van der Waals surface area contributed by atoms with Gasteiger partial charge in [-0.2, -0.15) is 0 Å². The molecule has 0 saturated heterocycles. The van der Waals surface area contributed by atoms with Crippen molar-refractivity contribution in [2.75, 3.05) is 0 Å². The number of thiophene rings is 1. The average molecular weight is 394 g/mol. The molecule has 5 nitrogen and oxygen atoms in total. The Morgan fingerprint density at radius 1 is 1.26 bits per heavy atom. The van der Waals surface area contributed by atoms with Gasteiger partial charge in [-0.25, -0.2) is 0 Å². The minimum atomic E-state index is -0.401. The zero-order valence-corrected chi connectivity index (χ0v) is 15.0. The van der Waals surface area contributed by atoms with E-state index in [4.69, 9.17) is 0 Å². The van der Waals surface area contributed by atoms with Gasteiger partial charge in [0, 0.05) is 21.7 Å². The second-order valence-corrected chi connectivity index (χ2v) is 7.76. The van der Waals surface area contributed by atoms with Crippen LogP contribution in [0.25, 0.3) is 0 Å². The largest absolute Gasteiger partial charge is 0.279 e. The van der Waals surface area contributed by atoms with Crippen LogP contribution in [0.3, 0.4) is 0 Å². The number of nitrogens with zero attached hydrogens (tertiary/aromatic N) is 1. The third-order valence-corrected chi connectivity index (χ3v) is 5.48. The van der Waals surface area contributed by atoms with E-state index in [9.17, 15) is 9.59 Å². The fourth-order valence-corrected chi connectivity index (χ4v) is 4.07. The van der Waals surface area contributed by atoms with Gasteiger partial charge in [-0.15, -0.1) is 11.3 Å². The van der Waals surface area contributed by atoms with E-state index in [1.54, 1.807) is 12.3 Å². The van der Waals surface area contributed by atoms with Crippen LogP contribution < -0.4 is 10.9 Å². The Balaban J connectivity index is 1.62. The molecule has 0 spiro atoms. The monoisotopic (exact) mass is 393 g/mol. The van der Waals surface area contributed by atoms with E-state index in [1.807, 2.05) is 6.07 Å². The van der Waals surface area contributed by atoms with Crippen LogP contribution >= 0.6 is 27.3 Å². The second kappa shape index (κ2) is 6.80. The summed E-state index contributed by atoms with van der Waals surface area (Å²) < 4.78 is 0.705. The van der Waals surface area contributed by atoms with E-state index in [2.05, 4.69) is 38.7 Å². The van der Waals surface area contributed by atoms with Crippen molar-refractivity contribution in [3.8, 4) is 0 Å². The van der Waals surface area contributed by atoms with Crippen LogP contribution in [0.4, 0.5) is 0 Å². The summed E-state index contributed by atoms with van der Waals surface area (Å²) in [6, 6.07) is 3.58. The summed E-state index contributed by atoms with van der Waals surface area (Å²) in [6.45, 7) is 2.23. The molecular formula is C16H16BrN3O2S. The maximum Gasteiger partial charge on any atom is 0.279 e. The number of nitrogens with one attached hydrogen (secondary N) is 2. The molecule has 2 heterocycles. The summed E-state index contributed by atoms with van der Waals surface area (Å²) in [7, 11) is 0. The third-order valence-electron chi connectivity index (χ3n) is 3.81. The molecule has 0 saturated carbocycles. The van der Waals surface area contributed by atoms with Crippen LogP contribution in [0.1, 0.15) is 43.8 Å². The van der Waals surface area contributed by atoms with Crippen molar-refractivity contribution in [2.24, 2.45) is 5.92 Å². The molecule has 7 heteroatoms. The number of hydrogen-bond acceptors (Lipinski definition) is 4. The van der Waals surface area contributed by atoms with E-state index >= 15 is 0 Å². The molecule has 0 aliphatic heterocycles. The quantitative estimate of drug-likeness (QED) is 0.769. The molecule has 23 heavy (non-hydrogen) atoms. The molecule has 2 aromatic heterocycles. The second-order valence-electron chi connectivity index (χ2n) is 5.71. The Hall–Kier alpha value is -1.73. The van der Waals surface area contributed by atoms with Crippen LogP contribution in [0, 0.1) is 5.92 Å². The van der Waals surface area contributed by atoms with Gasteiger partial charge in [0.2, 0.25) is 0 Å². The highest BCUT2D eigenvalue weighted by Crippen LogP contribution is 2.32. The number of pyridine rings is 1. The number of amides is 2. The van der Waals surface area contributed by atoms with Crippen LogP contribution in [-0.2, 0) is 12.8 Å². The number of hydrogen-bond donors (Lipinski definition) is 2. The lowest BCUT2D eigenvalue weighted by molar-refractivity contribution is 0.0848. The fraction of sp³-hybridized carbons (Fsp3) is 0.312. The van der Waals surface area contributed by atoms with Gasteiger partial charge in [0.05, 0.1) is 10.4 Å². The lowest BCUT2D eigenvalue weighted by atomic mass is 9.90. The van der Waals surface area contributed by atoms with Crippen LogP contribution in [0.15, 0.2) is 29.0 Å². The first kappa shape index (κ1) is 16.1. The number of halogens is 1. The van der Waals surface area contributed by atoms with Gasteiger partial charge in [-0.1, -0.05) is 6.92 Å². The fourth-order valence-electron chi connectivity index (χ4n) is 2.60. The highest BCUT2D eigenvalue weighted by molar-refractivity contribution is 9.10. The van der Waals surface area contributed by atoms with Crippen molar-refractivity contribution in [1.29, 1.82) is 0 Å². The summed E-state index contributed by atoms with van der Waals surface area (Å²) in [5.41, 5.74) is 6.53. The van der Waals surface area contributed by atoms with Gasteiger partial charge in [-0.3, -0.25) is 25.4 Å². The average Bonchev–Trinajstić information content (AvgIpc) is 2.95. The van der Waals surface area contributed by atoms with E-state index in [0.717, 1.165) is 12.8 Å². The first-order chi connectivity index (χ1) is 11.0. The number of carbonyl (C=O) groups is 2. The standard InChI is InChI=1S/C16H16BrN3O2S/c1-9-2-3-13-10(4-9)6-14(23-13)16(22)20-19-15(21)11-5-12(17)8-18-7-11/h5-9H,2-4H2,1H3,(H,19,21)(H,20,22)/t9-/m1/s1. The summed E-state index contributed by atoms with van der Waals surface area (Å²) in [5.74, 6) is -0.0211. The molecule has 2 N–H and O–H groups in total. The molecule has 3 rings (SSSR count). The highest BCUT2D eigenvalue weighted by Gasteiger charge is 2.21. The van der Waals surface area contributed by atoms with Gasteiger partial charge in [0.25, 0.3) is 11.8 Å². The molecular weight excluding hydrogens is 378 g/mol. The molecule has 1 aliphatic rings. The number of carbonyl (C=O) groups excluding carboxylic acids is 2. The summed E-state index contributed by atoms with van der Waals surface area (Å²) >= 11 is 4.77. The highest BCUT2D eigenvalue weighted by atomic mass is 79.9. The lowest BCUT2D eigenvalue weighted by Crippen LogP contribution is -2.41. The SMILES string of the molecule is C[C@@H]1CCc2sc(C(=O)NNC(=O)c3cncc(Br)c3)cc2C1. The van der Waals surface area contributed by atoms with Crippen LogP contribution in [0.2, 0.25) is 0 Å². The Morgan fingerprint density at radius 3 is 2.83 bits per heavy atom. The molecule has 2 amide bonds. The van der Waals surface area contributed by atoms with Crippen molar-refractivity contribution in [3.63, 3.8) is 0 Å². The number of fused-ring (bicyclic) bond motifs is 1. The van der Waals surface area contributed by atoms with Gasteiger partial charge >= 0.3 is 0 Å². The van der Waals surface area contributed by atoms with Crippen LogP contribution in [-0.4, -0.2) is 16.8 Å². The van der Waals surface area contributed by atoms with Crippen molar-refractivity contribution in [1.82, 2.24) is 15.8 Å². The van der Waals surface area contributed by atoms with Gasteiger partial charge in [0.15, 0.2) is 0 Å². The van der Waals surface area contributed by atoms with Gasteiger partial charge in [-0.05, 0) is 58.8 Å². The molecule has 2 aromatic rings. The Kier molecular flexibility index (Phi) is 4.77. The minimum absolute atomic E-state index is 0.284. The smallest absolute Gasteiger partial charge is 0.267 e. The molecule has 1 aliphatic carbocycles. The molecule has 0 bridgehead atoms. The number of hydrazine groups is 1. The number of aromatic nitrogens is 1. The maximum absolute atomic E-state index is 12.2. The predicted octanol–water partition coefficient (Wildman–Crippen LogP) is 3.11. The first-order valence-electron chi connectivity index (χ1n) is 7.35. The number of aryl methyl sites for hydroxylation is 1. The zero-order chi connectivity index (χ0) is 16.4. The summed E-state index contributed by atoms with van der Waals surface area (Å²) in [5, 5.41) is 0. The number of rotatable bonds is 2. The topological polar surface area (TPSA) is 71.1 Å². The van der Waals surface area contributed by atoms with Crippen molar-refractivity contribution in [2.45, 2.75) is 26.2 Å². The van der Waals surface area contributed by atoms with E-state index in [0.29, 0.717) is 20.8 Å². The van der Waals surface area contributed by atoms with Crippen molar-refractivity contribution >= 4 is 39.1 Å². The minimum Gasteiger partial charge on any atom is -0.267 e. The first-order valence-corrected chi connectivity index (χ1v) is 8.96. The van der Waals surface area contributed by atoms with Gasteiger partial charge < -0.3 is 0 Å². The predicted molar refractivity (Wildman–Crippen MR) is 92.4 cm³/mol. The summed E-state index contributed by atoms with van der Waals surface area (Å²) in [6.07, 6.45) is 6.25.